The van der Waals surface area contributed by atoms with Gasteiger partial charge in [-0.3, -0.25) is 19.3 Å². The van der Waals surface area contributed by atoms with Crippen molar-refractivity contribution < 1.29 is 29.0 Å². The van der Waals surface area contributed by atoms with Gasteiger partial charge in [0.1, 0.15) is 11.9 Å². The number of H-pyrrole nitrogens is 1. The second kappa shape index (κ2) is 18.1. The van der Waals surface area contributed by atoms with E-state index < -0.39 is 24.3 Å². The Kier molecular flexibility index (Phi) is 13.1. The van der Waals surface area contributed by atoms with Crippen LogP contribution in [-0.2, 0) is 40.2 Å². The average molecular weight is 815 g/mol. The fourth-order valence-electron chi connectivity index (χ4n) is 9.75. The third kappa shape index (κ3) is 8.65. The fraction of sp³-hybridized carbons (Fsp3) is 0.578. The van der Waals surface area contributed by atoms with E-state index in [1.807, 2.05) is 19.9 Å². The van der Waals surface area contributed by atoms with Crippen molar-refractivity contribution >= 4 is 39.5 Å². The molecule has 320 valence electrons. The lowest BCUT2D eigenvalue weighted by Crippen LogP contribution is -2.53. The Morgan fingerprint density at radius 2 is 1.58 bits per heavy atom. The third-order valence-electron chi connectivity index (χ3n) is 13.2. The normalized spacial score (nSPS) is 22.8. The highest BCUT2D eigenvalue weighted by Crippen LogP contribution is 2.43. The van der Waals surface area contributed by atoms with Crippen molar-refractivity contribution in [3.8, 4) is 11.4 Å². The predicted octanol–water partition coefficient (Wildman–Crippen LogP) is 3.36. The number of β-amino-alcohol motifs (C(OH)–C–C–N with tert-alkyl or cyclic N) is 2. The van der Waals surface area contributed by atoms with Crippen LogP contribution in [-0.4, -0.2) is 129 Å². The first kappa shape index (κ1) is 42.8. The van der Waals surface area contributed by atoms with Crippen LogP contribution in [0.25, 0.3) is 33.2 Å². The molecule has 0 saturated carbocycles. The molecule has 2 aromatic heterocycles. The molecular weight excluding hydrogens is 752 g/mol. The van der Waals surface area contributed by atoms with Crippen molar-refractivity contribution in [2.75, 3.05) is 33.7 Å². The summed E-state index contributed by atoms with van der Waals surface area (Å²) in [6.07, 6.45) is 3.82. The van der Waals surface area contributed by atoms with E-state index in [1.165, 1.54) is 11.6 Å². The molecule has 59 heavy (non-hydrogen) atoms. The first-order chi connectivity index (χ1) is 28.3. The number of para-hydroxylation sites is 1. The molecular formula is C45H63FN8O5. The number of likely N-dealkylation sites (tertiary alicyclic amines) is 2. The molecule has 0 unspecified atom stereocenters. The summed E-state index contributed by atoms with van der Waals surface area (Å²) in [5.41, 5.74) is 7.08. The summed E-state index contributed by atoms with van der Waals surface area (Å²) in [6.45, 7) is 9.56. The summed E-state index contributed by atoms with van der Waals surface area (Å²) in [4.78, 5) is 47.8. The summed E-state index contributed by atoms with van der Waals surface area (Å²) in [5.74, 6) is -0.863. The van der Waals surface area contributed by atoms with Crippen LogP contribution < -0.4 is 21.3 Å². The number of aliphatic hydroxyl groups is 2. The Bertz CT molecular complexity index is 2170. The van der Waals surface area contributed by atoms with E-state index in [0.29, 0.717) is 50.7 Å². The Morgan fingerprint density at radius 1 is 0.881 bits per heavy atom. The number of hydrogen-bond donors (Lipinski definition) is 7. The number of nitrogens with one attached hydrogen (secondary N) is 5. The largest absolute Gasteiger partial charge is 0.392 e. The number of rotatable bonds is 16. The van der Waals surface area contributed by atoms with Crippen molar-refractivity contribution in [2.24, 2.45) is 0 Å². The van der Waals surface area contributed by atoms with Crippen molar-refractivity contribution in [1.82, 2.24) is 40.6 Å². The molecule has 2 aromatic carbocycles. The van der Waals surface area contributed by atoms with Gasteiger partial charge in [0, 0.05) is 60.6 Å². The zero-order valence-corrected chi connectivity index (χ0v) is 35.4. The van der Waals surface area contributed by atoms with Crippen LogP contribution in [0.3, 0.4) is 0 Å². The van der Waals surface area contributed by atoms with E-state index in [9.17, 15) is 29.0 Å². The quantitative estimate of drug-likeness (QED) is 0.0905. The van der Waals surface area contributed by atoms with Crippen molar-refractivity contribution in [3.05, 3.63) is 58.9 Å². The van der Waals surface area contributed by atoms with E-state index in [-0.39, 0.29) is 54.3 Å². The fourth-order valence-corrected chi connectivity index (χ4v) is 9.75. The lowest BCUT2D eigenvalue weighted by molar-refractivity contribution is -0.137. The molecule has 0 bridgehead atoms. The molecule has 0 radical (unpaired) electrons. The topological polar surface area (TPSA) is 167 Å². The van der Waals surface area contributed by atoms with E-state index in [4.69, 9.17) is 0 Å². The molecule has 8 atom stereocenters. The lowest BCUT2D eigenvalue weighted by Gasteiger charge is -2.30. The zero-order valence-electron chi connectivity index (χ0n) is 35.4. The number of nitrogens with zero attached hydrogens (tertiary/aromatic N) is 3. The number of aryl methyl sites for hydroxylation is 2. The van der Waals surface area contributed by atoms with Gasteiger partial charge in [-0.25, -0.2) is 4.39 Å². The van der Waals surface area contributed by atoms with Crippen LogP contribution in [0.2, 0.25) is 0 Å². The van der Waals surface area contributed by atoms with Crippen molar-refractivity contribution in [3.63, 3.8) is 0 Å². The molecule has 0 spiro atoms. The Labute approximate surface area is 346 Å². The molecule has 2 fully saturated rings. The van der Waals surface area contributed by atoms with Gasteiger partial charge < -0.3 is 45.9 Å². The van der Waals surface area contributed by atoms with Gasteiger partial charge in [-0.05, 0) is 114 Å². The SMILES string of the molecule is CC[C@@H](CN1C[C@@H](O)C[C@H]1Cc1c(-c2c(C[C@@H]3C[C@H](O)CN3C(=O)[C@H](CC)NC(=O)[C@H](C)NC)c3cccc4c3n2CCC4)[nH]c2cc(F)ccc12)NC(=O)[C@H](C)NC. The minimum atomic E-state index is -0.729. The number of aromatic nitrogens is 2. The number of aromatic amines is 1. The van der Waals surface area contributed by atoms with Crippen molar-refractivity contribution in [1.29, 1.82) is 0 Å². The lowest BCUT2D eigenvalue weighted by atomic mass is 9.94. The third-order valence-corrected chi connectivity index (χ3v) is 13.2. The smallest absolute Gasteiger partial charge is 0.245 e. The molecule has 5 heterocycles. The Hall–Kier alpha value is -4.34. The van der Waals surface area contributed by atoms with Gasteiger partial charge >= 0.3 is 0 Å². The summed E-state index contributed by atoms with van der Waals surface area (Å²) in [6, 6.07) is 9.31. The molecule has 13 nitrogen and oxygen atoms in total. The van der Waals surface area contributed by atoms with Gasteiger partial charge in [0.15, 0.2) is 0 Å². The van der Waals surface area contributed by atoms with Crippen LogP contribution in [0, 0.1) is 5.82 Å². The average Bonchev–Trinajstić information content (AvgIpc) is 3.97. The maximum Gasteiger partial charge on any atom is 0.245 e. The molecule has 4 aromatic rings. The number of halogens is 1. The number of fused-ring (bicyclic) bond motifs is 1. The molecule has 0 aliphatic carbocycles. The number of carbonyl (C=O) groups is 3. The predicted molar refractivity (Wildman–Crippen MR) is 229 cm³/mol. The van der Waals surface area contributed by atoms with Crippen LogP contribution in [0.5, 0.6) is 0 Å². The highest BCUT2D eigenvalue weighted by atomic mass is 19.1. The number of amides is 3. The van der Waals surface area contributed by atoms with Crippen molar-refractivity contribution in [2.45, 2.75) is 134 Å². The summed E-state index contributed by atoms with van der Waals surface area (Å²) in [7, 11) is 3.47. The second-order valence-corrected chi connectivity index (χ2v) is 17.1. The van der Waals surface area contributed by atoms with Gasteiger partial charge in [0.25, 0.3) is 0 Å². The number of hydrogen-bond acceptors (Lipinski definition) is 8. The van der Waals surface area contributed by atoms with E-state index >= 15 is 0 Å². The number of likely N-dealkylation sites (N-methyl/N-ethyl adjacent to an activating group) is 2. The Balaban J connectivity index is 1.30. The molecule has 7 rings (SSSR count). The molecule has 3 aliphatic rings. The maximum atomic E-state index is 15.0. The van der Waals surface area contributed by atoms with E-state index in [2.05, 4.69) is 60.8 Å². The van der Waals surface area contributed by atoms with E-state index in [0.717, 1.165) is 64.6 Å². The highest BCUT2D eigenvalue weighted by Gasteiger charge is 2.40. The minimum absolute atomic E-state index is 0.0462. The number of benzene rings is 2. The second-order valence-electron chi connectivity index (χ2n) is 17.1. The first-order valence-electron chi connectivity index (χ1n) is 21.6. The zero-order chi connectivity index (χ0) is 42.1. The van der Waals surface area contributed by atoms with Gasteiger partial charge in [0.05, 0.1) is 41.2 Å². The molecule has 2 saturated heterocycles. The summed E-state index contributed by atoms with van der Waals surface area (Å²) in [5, 5.41) is 36.3. The highest BCUT2D eigenvalue weighted by molar-refractivity contribution is 5.98. The van der Waals surface area contributed by atoms with Crippen LogP contribution in [0.15, 0.2) is 36.4 Å². The van der Waals surface area contributed by atoms with Gasteiger partial charge in [-0.15, -0.1) is 0 Å². The molecule has 14 heteroatoms. The van der Waals surface area contributed by atoms with Gasteiger partial charge in [-0.1, -0.05) is 32.0 Å². The standard InChI is InChI=1S/C45H63FN8O5/c1-7-29(49-43(57)25(3)47-5)22-52-23-32(55)18-30(52)20-36-34-15-14-28(46)17-39(34)50-40(36)42-37(35-13-9-11-27-12-10-16-53(42)41(27)35)21-31-19-33(56)24-54(31)45(59)38(8-2)51-44(58)26(4)48-6/h9,11,13-15,17,25-26,29-33,38,47-48,50,55-56H,7-8,10,12,16,18-24H2,1-6H3,(H,49,57)(H,51,58)/t25-,26-,29-,30-,31-,32-,33-,38-/m0/s1. The van der Waals surface area contributed by atoms with Crippen LogP contribution in [0.1, 0.15) is 76.5 Å². The minimum Gasteiger partial charge on any atom is -0.392 e. The Morgan fingerprint density at radius 3 is 2.29 bits per heavy atom. The monoisotopic (exact) mass is 814 g/mol. The first-order valence-corrected chi connectivity index (χ1v) is 21.6. The molecule has 3 aliphatic heterocycles. The molecule has 3 amide bonds. The van der Waals surface area contributed by atoms with E-state index in [1.54, 1.807) is 32.0 Å². The summed E-state index contributed by atoms with van der Waals surface area (Å²) < 4.78 is 17.4. The summed E-state index contributed by atoms with van der Waals surface area (Å²) >= 11 is 0. The van der Waals surface area contributed by atoms with Gasteiger partial charge in [-0.2, -0.15) is 0 Å². The molecule has 7 N–H and O–H groups in total. The van der Waals surface area contributed by atoms with Crippen LogP contribution >= 0.6 is 0 Å². The van der Waals surface area contributed by atoms with Crippen LogP contribution in [0.4, 0.5) is 4.39 Å². The number of carbonyl (C=O) groups excluding carboxylic acids is 3. The maximum absolute atomic E-state index is 15.0. The van der Waals surface area contributed by atoms with Gasteiger partial charge in [0.2, 0.25) is 17.7 Å². The number of aliphatic hydroxyl groups excluding tert-OH is 2.